The fourth-order valence-corrected chi connectivity index (χ4v) is 17.0. The smallest absolute Gasteiger partial charge is 0.425 e. The highest BCUT2D eigenvalue weighted by Gasteiger charge is 2.73. The number of ether oxygens (including phenoxy) is 3. The molecule has 0 saturated carbocycles. The van der Waals surface area contributed by atoms with E-state index in [-0.39, 0.29) is 0 Å². The molecule has 9 aliphatic rings. The molecule has 84 heavy (non-hydrogen) atoms. The minimum Gasteiger partial charge on any atom is -0.456 e. The SMILES string of the molecule is c1cc2c3c(c1)-c1cccc[n+]1C31c3c(ccc4ccc5ccc[n+]1c5c34)O2.c1cc2c3c(c1)-c1cccc[n+]1C31c3c(ccc4cnc5ccc[n+]1c5c34)O2.c1cc2c3c(c1)-c1cccc[n+]1C31c3c(ccc4ncc5ccc[n+]1c5c34)O2. The van der Waals surface area contributed by atoms with Gasteiger partial charge in [-0.1, -0.05) is 30.3 Å². The largest absolute Gasteiger partial charge is 0.456 e. The lowest BCUT2D eigenvalue weighted by molar-refractivity contribution is -0.950. The molecule has 384 valence electrons. The number of hydrogen-bond donors (Lipinski definition) is 0. The molecule has 7 aromatic carbocycles. The highest BCUT2D eigenvalue weighted by molar-refractivity contribution is 6.10. The van der Waals surface area contributed by atoms with Gasteiger partial charge in [0, 0.05) is 77.8 Å². The van der Waals surface area contributed by atoms with Crippen LogP contribution in [0.5, 0.6) is 34.5 Å². The van der Waals surface area contributed by atoms with Crippen molar-refractivity contribution in [2.75, 3.05) is 0 Å². The highest BCUT2D eigenvalue weighted by atomic mass is 16.5. The van der Waals surface area contributed by atoms with Gasteiger partial charge in [0.1, 0.15) is 40.0 Å². The van der Waals surface area contributed by atoms with Crippen LogP contribution in [-0.4, -0.2) is 9.97 Å². The van der Waals surface area contributed by atoms with Crippen molar-refractivity contribution in [1.29, 1.82) is 0 Å². The summed E-state index contributed by atoms with van der Waals surface area (Å²) in [5.74, 6) is 5.61. The van der Waals surface area contributed by atoms with E-state index < -0.39 is 17.0 Å². The fraction of sp³-hybridized carbons (Fsp3) is 0.0411. The summed E-state index contributed by atoms with van der Waals surface area (Å²) in [5, 5.41) is 8.57. The molecule has 17 heterocycles. The minimum absolute atomic E-state index is 0.432. The summed E-state index contributed by atoms with van der Waals surface area (Å²) in [4.78, 5) is 9.50. The molecule has 0 bridgehead atoms. The van der Waals surface area contributed by atoms with Gasteiger partial charge in [-0.25, -0.2) is 4.98 Å². The Bertz CT molecular complexity index is 5220. The molecule has 0 saturated heterocycles. The van der Waals surface area contributed by atoms with Gasteiger partial charge >= 0.3 is 17.0 Å². The fourth-order valence-electron chi connectivity index (χ4n) is 17.0. The molecule has 0 radical (unpaired) electrons. The van der Waals surface area contributed by atoms with Gasteiger partial charge in [-0.15, -0.1) is 27.4 Å². The summed E-state index contributed by atoms with van der Waals surface area (Å²) < 4.78 is 33.9. The van der Waals surface area contributed by atoms with Crippen molar-refractivity contribution < 1.29 is 41.6 Å². The second-order valence-corrected chi connectivity index (χ2v) is 23.2. The Balaban J connectivity index is 0.0000000856. The lowest BCUT2D eigenvalue weighted by Crippen LogP contribution is -2.71. The van der Waals surface area contributed by atoms with Crippen LogP contribution in [-0.2, 0) is 17.0 Å². The van der Waals surface area contributed by atoms with E-state index in [0.29, 0.717) is 0 Å². The van der Waals surface area contributed by atoms with E-state index in [4.69, 9.17) is 24.2 Å². The molecule has 3 spiro atoms. The molecule has 3 unspecified atom stereocenters. The van der Waals surface area contributed by atoms with Gasteiger partial charge < -0.3 is 14.2 Å². The van der Waals surface area contributed by atoms with Crippen molar-refractivity contribution in [3.63, 3.8) is 0 Å². The van der Waals surface area contributed by atoms with Crippen LogP contribution in [0.4, 0.5) is 0 Å². The van der Waals surface area contributed by atoms with E-state index in [2.05, 4.69) is 259 Å². The van der Waals surface area contributed by atoms with Crippen LogP contribution >= 0.6 is 0 Å². The second kappa shape index (κ2) is 14.1. The van der Waals surface area contributed by atoms with Crippen LogP contribution in [0.15, 0.2) is 244 Å². The summed E-state index contributed by atoms with van der Waals surface area (Å²) in [6.07, 6.45) is 17.2. The summed E-state index contributed by atoms with van der Waals surface area (Å²) in [5.41, 5.74) is 19.0. The van der Waals surface area contributed by atoms with Crippen molar-refractivity contribution in [2.45, 2.75) is 17.0 Å². The van der Waals surface area contributed by atoms with Crippen molar-refractivity contribution in [1.82, 2.24) is 9.97 Å². The molecule has 0 aliphatic carbocycles. The molecule has 11 heteroatoms. The second-order valence-electron chi connectivity index (χ2n) is 23.2. The van der Waals surface area contributed by atoms with E-state index in [0.717, 1.165) is 56.3 Å². The number of rotatable bonds is 0. The molecule has 9 aliphatic heterocycles. The topological polar surface area (TPSA) is 76.8 Å². The van der Waals surface area contributed by atoms with Crippen molar-refractivity contribution in [2.24, 2.45) is 0 Å². The summed E-state index contributed by atoms with van der Waals surface area (Å²) in [6, 6.07) is 68.4. The van der Waals surface area contributed by atoms with E-state index in [1.807, 2.05) is 12.4 Å². The number of pyridine rings is 8. The summed E-state index contributed by atoms with van der Waals surface area (Å²) >= 11 is 0. The Hall–Kier alpha value is -11.3. The third-order valence-corrected chi connectivity index (χ3v) is 19.7. The Morgan fingerprint density at radius 1 is 0.262 bits per heavy atom. The molecule has 11 nitrogen and oxygen atoms in total. The van der Waals surface area contributed by atoms with E-state index in [9.17, 15) is 0 Å². The Kier molecular flexibility index (Phi) is 7.12. The number of nitrogens with zero attached hydrogens (tertiary/aromatic N) is 8. The maximum Gasteiger partial charge on any atom is 0.425 e. The monoisotopic (exact) mass is 1080 g/mol. The zero-order valence-electron chi connectivity index (χ0n) is 44.4. The third-order valence-electron chi connectivity index (χ3n) is 19.7. The third kappa shape index (κ3) is 4.39. The summed E-state index contributed by atoms with van der Waals surface area (Å²) in [6.45, 7) is 0. The van der Waals surface area contributed by atoms with Crippen molar-refractivity contribution in [3.8, 4) is 68.3 Å². The van der Waals surface area contributed by atoms with Gasteiger partial charge in [0.15, 0.2) is 70.6 Å². The van der Waals surface area contributed by atoms with Gasteiger partial charge in [0.05, 0.1) is 43.8 Å². The number of benzene rings is 7. The molecule has 0 fully saturated rings. The van der Waals surface area contributed by atoms with Crippen LogP contribution in [0.25, 0.3) is 99.1 Å². The molecule has 0 amide bonds. The maximum absolute atomic E-state index is 6.49. The molecular formula is C73H40N8O3+6. The number of fused-ring (bicyclic) bond motifs is 6. The Morgan fingerprint density at radius 2 is 0.667 bits per heavy atom. The zero-order chi connectivity index (χ0) is 54.1. The first-order chi connectivity index (χ1) is 41.7. The van der Waals surface area contributed by atoms with Gasteiger partial charge in [-0.2, -0.15) is 0 Å². The van der Waals surface area contributed by atoms with Crippen LogP contribution in [0.2, 0.25) is 0 Å². The van der Waals surface area contributed by atoms with Crippen LogP contribution < -0.4 is 41.6 Å². The van der Waals surface area contributed by atoms with Crippen LogP contribution in [0, 0.1) is 0 Å². The molecule has 24 rings (SSSR count). The molecule has 8 aromatic heterocycles. The first-order valence-corrected chi connectivity index (χ1v) is 28.6. The predicted octanol–water partition coefficient (Wildman–Crippen LogP) is 11.6. The Labute approximate surface area is 476 Å². The van der Waals surface area contributed by atoms with Crippen LogP contribution in [0.1, 0.15) is 33.4 Å². The van der Waals surface area contributed by atoms with Gasteiger partial charge in [0.25, 0.3) is 0 Å². The average molecular weight is 1080 g/mol. The van der Waals surface area contributed by atoms with Gasteiger partial charge in [-0.3, -0.25) is 4.98 Å². The molecular weight excluding hydrogens is 1040 g/mol. The normalized spacial score (nSPS) is 19.1. The predicted molar refractivity (Wildman–Crippen MR) is 312 cm³/mol. The zero-order valence-corrected chi connectivity index (χ0v) is 44.4. The maximum atomic E-state index is 6.49. The number of aromatic nitrogens is 8. The molecule has 15 aromatic rings. The van der Waals surface area contributed by atoms with Crippen molar-refractivity contribution >= 4 is 65.3 Å². The lowest BCUT2D eigenvalue weighted by Gasteiger charge is -2.25. The molecule has 3 atom stereocenters. The lowest BCUT2D eigenvalue weighted by atomic mass is 9.86. The van der Waals surface area contributed by atoms with Crippen LogP contribution in [0.3, 0.4) is 0 Å². The van der Waals surface area contributed by atoms with Gasteiger partial charge in [0.2, 0.25) is 33.6 Å². The first kappa shape index (κ1) is 42.6. The average Bonchev–Trinajstić information content (AvgIpc) is 1.53. The van der Waals surface area contributed by atoms with E-state index in [1.54, 1.807) is 0 Å². The minimum atomic E-state index is -0.472. The Morgan fingerprint density at radius 3 is 1.24 bits per heavy atom. The van der Waals surface area contributed by atoms with E-state index >= 15 is 0 Å². The first-order valence-electron chi connectivity index (χ1n) is 28.6. The van der Waals surface area contributed by atoms with Gasteiger partial charge in [-0.05, 0) is 115 Å². The highest BCUT2D eigenvalue weighted by Crippen LogP contribution is 2.60. The quantitative estimate of drug-likeness (QED) is 0.112. The standard InChI is InChI=1S/C25H14N2O.2C24H13N3O/c1-2-13-26-18(7-1)17-6-3-8-19-22(17)25(26)23-20(28-19)12-11-15-9-10-16-5-4-14-27(25)24(16)21(15)23;1-2-11-26-17(7-1)15-6-3-8-18-21(15)24(26)22-19(28-18)10-9-16-20(22)23-14(13-25-16)5-4-12-27(23)24;1-2-11-26-17(7-1)15-5-3-8-18-21(15)24(26)22-19(28-18)10-9-14-13-25-16-6-4-12-27(24)23(16)20(14)22/h1-14H;2*1-13H/q3*+2. The summed E-state index contributed by atoms with van der Waals surface area (Å²) in [7, 11) is 0. The van der Waals surface area contributed by atoms with E-state index in [1.165, 1.54) is 111 Å². The van der Waals surface area contributed by atoms with Crippen molar-refractivity contribution in [3.05, 3.63) is 277 Å². The molecule has 0 N–H and O–H groups in total. The number of hydrogen-bond acceptors (Lipinski definition) is 5.